The summed E-state index contributed by atoms with van der Waals surface area (Å²) in [6.07, 6.45) is -5.13. The highest BCUT2D eigenvalue weighted by atomic mass is 16.7. The van der Waals surface area contributed by atoms with Gasteiger partial charge in [0.25, 0.3) is 6.47 Å². The Morgan fingerprint density at radius 2 is 2.12 bits per heavy atom. The van der Waals surface area contributed by atoms with Gasteiger partial charge in [-0.2, -0.15) is 0 Å². The predicted octanol–water partition coefficient (Wildman–Crippen LogP) is -2.90. The fraction of sp³-hybridized carbons (Fsp3) is 0.778. The third kappa shape index (κ3) is 3.13. The first-order valence-corrected chi connectivity index (χ1v) is 5.00. The van der Waals surface area contributed by atoms with Gasteiger partial charge < -0.3 is 30.1 Å². The van der Waals surface area contributed by atoms with E-state index in [1.54, 1.807) is 0 Å². The van der Waals surface area contributed by atoms with Crippen molar-refractivity contribution in [3.63, 3.8) is 0 Å². The maximum atomic E-state index is 10.9. The van der Waals surface area contributed by atoms with Crippen molar-refractivity contribution >= 4 is 12.4 Å². The Labute approximate surface area is 97.1 Å². The minimum atomic E-state index is -1.41. The third-order valence-corrected chi connectivity index (χ3v) is 2.44. The molecule has 0 radical (unpaired) electrons. The minimum absolute atomic E-state index is 0.0956. The Kier molecular flexibility index (Phi) is 4.82. The molecule has 1 saturated heterocycles. The van der Waals surface area contributed by atoms with Gasteiger partial charge in [0.05, 0.1) is 6.61 Å². The van der Waals surface area contributed by atoms with Crippen LogP contribution in [-0.4, -0.2) is 64.9 Å². The van der Waals surface area contributed by atoms with E-state index in [-0.39, 0.29) is 6.47 Å². The average Bonchev–Trinajstić information content (AvgIpc) is 2.28. The summed E-state index contributed by atoms with van der Waals surface area (Å²) >= 11 is 0. The second-order valence-corrected chi connectivity index (χ2v) is 3.67. The molecule has 1 aliphatic heterocycles. The van der Waals surface area contributed by atoms with Crippen molar-refractivity contribution in [1.82, 2.24) is 5.32 Å². The van der Waals surface area contributed by atoms with Gasteiger partial charge in [0.1, 0.15) is 24.4 Å². The van der Waals surface area contributed by atoms with Crippen LogP contribution in [0.3, 0.4) is 0 Å². The van der Waals surface area contributed by atoms with E-state index in [0.29, 0.717) is 0 Å². The Morgan fingerprint density at radius 3 is 2.59 bits per heavy atom. The lowest BCUT2D eigenvalue weighted by molar-refractivity contribution is -0.258. The van der Waals surface area contributed by atoms with Crippen LogP contribution < -0.4 is 5.32 Å². The summed E-state index contributed by atoms with van der Waals surface area (Å²) in [7, 11) is 0. The van der Waals surface area contributed by atoms with Gasteiger partial charge in [0, 0.05) is 6.92 Å². The molecule has 0 bridgehead atoms. The number of hydrogen-bond acceptors (Lipinski definition) is 7. The Bertz CT molecular complexity index is 285. The first-order chi connectivity index (χ1) is 8.01. The molecule has 0 aromatic heterocycles. The molecule has 5 atom stereocenters. The van der Waals surface area contributed by atoms with E-state index in [1.165, 1.54) is 6.92 Å². The molecule has 1 rings (SSSR count). The van der Waals surface area contributed by atoms with Crippen molar-refractivity contribution in [3.8, 4) is 0 Å². The van der Waals surface area contributed by atoms with Gasteiger partial charge in [-0.25, -0.2) is 0 Å². The maximum Gasteiger partial charge on any atom is 0.295 e. The standard InChI is InChI=1S/C9H15NO7/c1-4(13)10-6-8(15)7(14)5(2-11)17-9(6)16-3-12/h3,5-9,11,14-15H,2H2,1H3,(H,10,13)/t5?,6?,7-,8?,9+/m0/s1. The van der Waals surface area contributed by atoms with Gasteiger partial charge in [0.2, 0.25) is 12.2 Å². The molecule has 0 saturated carbocycles. The van der Waals surface area contributed by atoms with Crippen LogP contribution in [0.15, 0.2) is 0 Å². The molecule has 0 aromatic carbocycles. The number of aliphatic hydroxyl groups excluding tert-OH is 3. The number of rotatable bonds is 4. The molecule has 0 spiro atoms. The summed E-state index contributed by atoms with van der Waals surface area (Å²) < 4.78 is 9.59. The van der Waals surface area contributed by atoms with Gasteiger partial charge in [-0.1, -0.05) is 0 Å². The van der Waals surface area contributed by atoms with Gasteiger partial charge in [0.15, 0.2) is 0 Å². The summed E-state index contributed by atoms with van der Waals surface area (Å²) in [6.45, 7) is 0.747. The molecule has 1 heterocycles. The van der Waals surface area contributed by atoms with Gasteiger partial charge in [-0.15, -0.1) is 0 Å². The number of nitrogens with one attached hydrogen (secondary N) is 1. The van der Waals surface area contributed by atoms with Gasteiger partial charge in [-0.3, -0.25) is 9.59 Å². The molecule has 17 heavy (non-hydrogen) atoms. The predicted molar refractivity (Wildman–Crippen MR) is 52.5 cm³/mol. The smallest absolute Gasteiger partial charge is 0.295 e. The van der Waals surface area contributed by atoms with E-state index < -0.39 is 43.2 Å². The lowest BCUT2D eigenvalue weighted by Gasteiger charge is -2.41. The quantitative estimate of drug-likeness (QED) is 0.394. The highest BCUT2D eigenvalue weighted by molar-refractivity contribution is 5.73. The molecule has 0 aromatic rings. The second kappa shape index (κ2) is 5.92. The van der Waals surface area contributed by atoms with Gasteiger partial charge >= 0.3 is 0 Å². The molecule has 1 amide bonds. The van der Waals surface area contributed by atoms with Crippen LogP contribution in [-0.2, 0) is 19.1 Å². The second-order valence-electron chi connectivity index (χ2n) is 3.67. The van der Waals surface area contributed by atoms with E-state index in [1.807, 2.05) is 0 Å². The van der Waals surface area contributed by atoms with E-state index >= 15 is 0 Å². The maximum absolute atomic E-state index is 10.9. The van der Waals surface area contributed by atoms with Crippen LogP contribution in [0.25, 0.3) is 0 Å². The van der Waals surface area contributed by atoms with E-state index in [9.17, 15) is 19.8 Å². The van der Waals surface area contributed by atoms with E-state index in [0.717, 1.165) is 0 Å². The monoisotopic (exact) mass is 249 g/mol. The minimum Gasteiger partial charge on any atom is -0.436 e. The summed E-state index contributed by atoms with van der Waals surface area (Å²) in [5.41, 5.74) is 0. The molecule has 1 aliphatic rings. The number of carbonyl (C=O) groups is 2. The summed E-state index contributed by atoms with van der Waals surface area (Å²) in [4.78, 5) is 21.2. The normalized spacial score (nSPS) is 37.3. The third-order valence-electron chi connectivity index (χ3n) is 2.44. The van der Waals surface area contributed by atoms with Crippen LogP contribution in [0.4, 0.5) is 0 Å². The van der Waals surface area contributed by atoms with Crippen molar-refractivity contribution in [2.45, 2.75) is 37.6 Å². The first-order valence-electron chi connectivity index (χ1n) is 5.00. The largest absolute Gasteiger partial charge is 0.436 e. The van der Waals surface area contributed by atoms with Crippen LogP contribution in [0.2, 0.25) is 0 Å². The Balaban J connectivity index is 2.82. The highest BCUT2D eigenvalue weighted by Gasteiger charge is 2.45. The Morgan fingerprint density at radius 1 is 1.47 bits per heavy atom. The fourth-order valence-corrected chi connectivity index (χ4v) is 1.64. The number of carbonyl (C=O) groups excluding carboxylic acids is 2. The molecule has 8 heteroatoms. The molecule has 3 unspecified atom stereocenters. The SMILES string of the molecule is CC(=O)NC1C(O)[C@@H](O)C(CO)O[C@H]1OC=O. The number of amides is 1. The molecule has 0 aliphatic carbocycles. The van der Waals surface area contributed by atoms with Crippen molar-refractivity contribution in [1.29, 1.82) is 0 Å². The van der Waals surface area contributed by atoms with Crippen LogP contribution in [0.1, 0.15) is 6.92 Å². The first kappa shape index (κ1) is 13.8. The fourth-order valence-electron chi connectivity index (χ4n) is 1.64. The number of hydrogen-bond donors (Lipinski definition) is 4. The average molecular weight is 249 g/mol. The van der Waals surface area contributed by atoms with Crippen molar-refractivity contribution < 1.29 is 34.4 Å². The zero-order valence-electron chi connectivity index (χ0n) is 9.15. The van der Waals surface area contributed by atoms with Crippen LogP contribution in [0.5, 0.6) is 0 Å². The van der Waals surface area contributed by atoms with E-state index in [4.69, 9.17) is 9.84 Å². The molecule has 98 valence electrons. The highest BCUT2D eigenvalue weighted by Crippen LogP contribution is 2.21. The Hall–Kier alpha value is -1.22. The topological polar surface area (TPSA) is 125 Å². The molecular formula is C9H15NO7. The van der Waals surface area contributed by atoms with Crippen LogP contribution >= 0.6 is 0 Å². The summed E-state index contributed by atoms with van der Waals surface area (Å²) in [6, 6.07) is -1.09. The molecule has 1 fully saturated rings. The van der Waals surface area contributed by atoms with E-state index in [2.05, 4.69) is 10.1 Å². The zero-order chi connectivity index (χ0) is 13.0. The molecule has 8 nitrogen and oxygen atoms in total. The van der Waals surface area contributed by atoms with Crippen molar-refractivity contribution in [2.75, 3.05) is 6.61 Å². The summed E-state index contributed by atoms with van der Waals surface area (Å²) in [5.74, 6) is -0.480. The van der Waals surface area contributed by atoms with Gasteiger partial charge in [-0.05, 0) is 0 Å². The number of aliphatic hydroxyl groups is 3. The van der Waals surface area contributed by atoms with Crippen molar-refractivity contribution in [2.24, 2.45) is 0 Å². The van der Waals surface area contributed by atoms with Crippen LogP contribution in [0, 0.1) is 0 Å². The zero-order valence-corrected chi connectivity index (χ0v) is 9.15. The number of ether oxygens (including phenoxy) is 2. The lowest BCUT2D eigenvalue weighted by atomic mass is 9.97. The molecular weight excluding hydrogens is 234 g/mol. The molecule has 4 N–H and O–H groups in total. The lowest BCUT2D eigenvalue weighted by Crippen LogP contribution is -2.64. The van der Waals surface area contributed by atoms with Crippen molar-refractivity contribution in [3.05, 3.63) is 0 Å². The summed E-state index contributed by atoms with van der Waals surface area (Å²) in [5, 5.41) is 30.5.